The molecule has 1 rings (SSSR count). The molecule has 15 heavy (non-hydrogen) atoms. The zero-order valence-electron chi connectivity index (χ0n) is 10.2. The summed E-state index contributed by atoms with van der Waals surface area (Å²) in [6.45, 7) is 12.4. The Morgan fingerprint density at radius 1 is 1.53 bits per heavy atom. The van der Waals surface area contributed by atoms with Gasteiger partial charge in [0.25, 0.3) is 5.91 Å². The molecule has 0 bridgehead atoms. The third-order valence-electron chi connectivity index (χ3n) is 3.29. The lowest BCUT2D eigenvalue weighted by Gasteiger charge is -2.39. The fraction of sp³-hybridized carbons (Fsp3) is 0.750. The minimum absolute atomic E-state index is 0.0173. The summed E-state index contributed by atoms with van der Waals surface area (Å²) < 4.78 is 5.26. The summed E-state index contributed by atoms with van der Waals surface area (Å²) in [6, 6.07) is 0. The number of epoxide rings is 1. The molecule has 0 aromatic carbocycles. The average Bonchev–Trinajstić information content (AvgIpc) is 3.01. The first-order valence-corrected chi connectivity index (χ1v) is 5.57. The van der Waals surface area contributed by atoms with Crippen LogP contribution in [0.25, 0.3) is 0 Å². The number of carbonyl (C=O) groups excluding carboxylic acids is 1. The molecule has 0 aliphatic carbocycles. The normalized spacial score (nSPS) is 19.9. The monoisotopic (exact) mass is 211 g/mol. The molecule has 0 spiro atoms. The lowest BCUT2D eigenvalue weighted by molar-refractivity contribution is -0.136. The van der Waals surface area contributed by atoms with Crippen molar-refractivity contribution in [3.63, 3.8) is 0 Å². The van der Waals surface area contributed by atoms with Gasteiger partial charge in [0, 0.05) is 11.1 Å². The number of amides is 1. The molecule has 0 saturated carbocycles. The van der Waals surface area contributed by atoms with Crippen molar-refractivity contribution in [3.05, 3.63) is 12.2 Å². The molecule has 0 aromatic heterocycles. The van der Waals surface area contributed by atoms with Crippen molar-refractivity contribution in [3.8, 4) is 0 Å². The van der Waals surface area contributed by atoms with Crippen molar-refractivity contribution >= 4 is 5.91 Å². The van der Waals surface area contributed by atoms with Gasteiger partial charge < -0.3 is 9.64 Å². The third kappa shape index (κ3) is 2.40. The molecule has 3 nitrogen and oxygen atoms in total. The van der Waals surface area contributed by atoms with Crippen LogP contribution in [0.2, 0.25) is 0 Å². The molecule has 3 heteroatoms. The van der Waals surface area contributed by atoms with Crippen LogP contribution in [-0.2, 0) is 9.53 Å². The van der Waals surface area contributed by atoms with Crippen LogP contribution in [0.1, 0.15) is 40.5 Å². The van der Waals surface area contributed by atoms with E-state index in [0.717, 1.165) is 12.8 Å². The van der Waals surface area contributed by atoms with E-state index < -0.39 is 0 Å². The highest BCUT2D eigenvalue weighted by Gasteiger charge is 2.43. The molecular formula is C12H21NO2. The summed E-state index contributed by atoms with van der Waals surface area (Å²) in [5.41, 5.74) is 0.468. The maximum Gasteiger partial charge on any atom is 0.251 e. The Morgan fingerprint density at radius 3 is 2.27 bits per heavy atom. The molecule has 0 N–H and O–H groups in total. The van der Waals surface area contributed by atoms with Crippen molar-refractivity contribution in [2.24, 2.45) is 0 Å². The van der Waals surface area contributed by atoms with Crippen LogP contribution in [0.3, 0.4) is 0 Å². The van der Waals surface area contributed by atoms with E-state index in [2.05, 4.69) is 27.4 Å². The number of nitrogens with zero attached hydrogens (tertiary/aromatic N) is 1. The zero-order valence-corrected chi connectivity index (χ0v) is 10.2. The SMILES string of the molecule is C=C(C)C(=O)N(C1CO1)C(C)(CC)CC. The van der Waals surface area contributed by atoms with E-state index in [1.165, 1.54) is 0 Å². The lowest BCUT2D eigenvalue weighted by atomic mass is 9.92. The van der Waals surface area contributed by atoms with Gasteiger partial charge in [-0.3, -0.25) is 4.79 Å². The van der Waals surface area contributed by atoms with Crippen molar-refractivity contribution in [1.29, 1.82) is 0 Å². The van der Waals surface area contributed by atoms with Gasteiger partial charge in [0.15, 0.2) is 6.23 Å². The van der Waals surface area contributed by atoms with Crippen molar-refractivity contribution in [1.82, 2.24) is 4.90 Å². The summed E-state index contributed by atoms with van der Waals surface area (Å²) >= 11 is 0. The van der Waals surface area contributed by atoms with Gasteiger partial charge in [-0.05, 0) is 26.7 Å². The standard InChI is InChI=1S/C12H21NO2/c1-6-12(5,7-2)13(10-8-15-10)11(14)9(3)4/h10H,3,6-8H2,1-2,4-5H3. The Balaban J connectivity index is 2.90. The molecule has 1 atom stereocenters. The van der Waals surface area contributed by atoms with Gasteiger partial charge in [-0.15, -0.1) is 0 Å². The topological polar surface area (TPSA) is 32.8 Å². The number of ether oxygens (including phenoxy) is 1. The molecule has 1 unspecified atom stereocenters. The molecule has 1 saturated heterocycles. The first-order valence-electron chi connectivity index (χ1n) is 5.57. The van der Waals surface area contributed by atoms with Crippen LogP contribution in [0.4, 0.5) is 0 Å². The Bertz CT molecular complexity index is 265. The summed E-state index contributed by atoms with van der Waals surface area (Å²) in [5.74, 6) is 0.0173. The first-order chi connectivity index (χ1) is 6.96. The Kier molecular flexibility index (Phi) is 3.55. The van der Waals surface area contributed by atoms with E-state index in [0.29, 0.717) is 12.2 Å². The highest BCUT2D eigenvalue weighted by atomic mass is 16.6. The maximum absolute atomic E-state index is 12.0. The van der Waals surface area contributed by atoms with Gasteiger partial charge >= 0.3 is 0 Å². The van der Waals surface area contributed by atoms with Crippen LogP contribution >= 0.6 is 0 Å². The van der Waals surface area contributed by atoms with Gasteiger partial charge in [0.1, 0.15) is 0 Å². The molecule has 1 heterocycles. The Hall–Kier alpha value is -0.830. The van der Waals surface area contributed by atoms with Crippen LogP contribution < -0.4 is 0 Å². The van der Waals surface area contributed by atoms with Crippen molar-refractivity contribution in [2.45, 2.75) is 52.3 Å². The first kappa shape index (κ1) is 12.2. The highest BCUT2D eigenvalue weighted by molar-refractivity contribution is 5.93. The van der Waals surface area contributed by atoms with Crippen LogP contribution in [-0.4, -0.2) is 29.2 Å². The van der Waals surface area contributed by atoms with Crippen molar-refractivity contribution < 1.29 is 9.53 Å². The predicted octanol–water partition coefficient (Wildman–Crippen LogP) is 2.33. The molecule has 0 radical (unpaired) electrons. The minimum atomic E-state index is -0.114. The minimum Gasteiger partial charge on any atom is -0.351 e. The summed E-state index contributed by atoms with van der Waals surface area (Å²) in [4.78, 5) is 13.9. The number of rotatable bonds is 5. The third-order valence-corrected chi connectivity index (χ3v) is 3.29. The fourth-order valence-electron chi connectivity index (χ4n) is 1.71. The summed E-state index contributed by atoms with van der Waals surface area (Å²) in [5, 5.41) is 0. The van der Waals surface area contributed by atoms with Gasteiger partial charge in [-0.25, -0.2) is 0 Å². The van der Waals surface area contributed by atoms with E-state index >= 15 is 0 Å². The molecule has 1 fully saturated rings. The van der Waals surface area contributed by atoms with Gasteiger partial charge in [-0.2, -0.15) is 0 Å². The Morgan fingerprint density at radius 2 is 2.00 bits per heavy atom. The van der Waals surface area contributed by atoms with E-state index in [-0.39, 0.29) is 17.7 Å². The van der Waals surface area contributed by atoms with Crippen LogP contribution in [0.5, 0.6) is 0 Å². The highest BCUT2D eigenvalue weighted by Crippen LogP contribution is 2.31. The Labute approximate surface area is 92.1 Å². The molecule has 1 aliphatic heterocycles. The largest absolute Gasteiger partial charge is 0.351 e. The number of hydrogen-bond acceptors (Lipinski definition) is 2. The maximum atomic E-state index is 12.0. The quantitative estimate of drug-likeness (QED) is 0.516. The number of hydrogen-bond donors (Lipinski definition) is 0. The second-order valence-corrected chi connectivity index (χ2v) is 4.45. The fourth-order valence-corrected chi connectivity index (χ4v) is 1.71. The molecular weight excluding hydrogens is 190 g/mol. The predicted molar refractivity (Wildman–Crippen MR) is 60.4 cm³/mol. The smallest absolute Gasteiger partial charge is 0.251 e. The van der Waals surface area contributed by atoms with Crippen LogP contribution in [0.15, 0.2) is 12.2 Å². The molecule has 1 amide bonds. The summed E-state index contributed by atoms with van der Waals surface area (Å²) in [6.07, 6.45) is 1.84. The van der Waals surface area contributed by atoms with Crippen molar-refractivity contribution in [2.75, 3.05) is 6.61 Å². The molecule has 0 aromatic rings. The van der Waals surface area contributed by atoms with Gasteiger partial charge in [-0.1, -0.05) is 20.4 Å². The van der Waals surface area contributed by atoms with E-state index in [4.69, 9.17) is 4.74 Å². The number of carbonyl (C=O) groups is 1. The second kappa shape index (κ2) is 4.35. The second-order valence-electron chi connectivity index (χ2n) is 4.45. The molecule has 86 valence electrons. The van der Waals surface area contributed by atoms with Gasteiger partial charge in [0.05, 0.1) is 6.61 Å². The summed E-state index contributed by atoms with van der Waals surface area (Å²) in [7, 11) is 0. The van der Waals surface area contributed by atoms with E-state index in [9.17, 15) is 4.79 Å². The average molecular weight is 211 g/mol. The lowest BCUT2D eigenvalue weighted by Crippen LogP contribution is -2.51. The van der Waals surface area contributed by atoms with Gasteiger partial charge in [0.2, 0.25) is 0 Å². The molecule has 1 aliphatic rings. The van der Waals surface area contributed by atoms with E-state index in [1.54, 1.807) is 6.92 Å². The van der Waals surface area contributed by atoms with E-state index in [1.807, 2.05) is 4.90 Å². The zero-order chi connectivity index (χ0) is 11.6. The van der Waals surface area contributed by atoms with Crippen LogP contribution in [0, 0.1) is 0 Å².